The summed E-state index contributed by atoms with van der Waals surface area (Å²) in [7, 11) is 0. The molecule has 2 heterocycles. The number of nitrogens with zero attached hydrogens (tertiary/aromatic N) is 4. The molecule has 0 saturated carbocycles. The highest BCUT2D eigenvalue weighted by Gasteiger charge is 2.15. The maximum Gasteiger partial charge on any atom is 0.331 e. The summed E-state index contributed by atoms with van der Waals surface area (Å²) >= 11 is 0. The zero-order chi connectivity index (χ0) is 21.6. The third kappa shape index (κ3) is 5.11. The standard InChI is InChI=1S/C23H19FN4O3/c1-16-21(26-31-23(16)18-7-9-19(24)10-8-18)15-30-22(29)12-11-20-14-28(27-25-20)13-17-5-3-2-4-6-17/h2-12,14H,13,15H2,1H3/b12-11+. The van der Waals surface area contributed by atoms with Gasteiger partial charge >= 0.3 is 5.97 Å². The minimum absolute atomic E-state index is 0.0413. The van der Waals surface area contributed by atoms with Crippen molar-refractivity contribution in [3.8, 4) is 11.3 Å². The third-order valence-electron chi connectivity index (χ3n) is 4.61. The van der Waals surface area contributed by atoms with E-state index >= 15 is 0 Å². The van der Waals surface area contributed by atoms with Crippen LogP contribution in [0.1, 0.15) is 22.5 Å². The number of rotatable bonds is 7. The van der Waals surface area contributed by atoms with Crippen LogP contribution in [0.15, 0.2) is 71.4 Å². The van der Waals surface area contributed by atoms with Gasteiger partial charge in [0.25, 0.3) is 0 Å². The first-order valence-electron chi connectivity index (χ1n) is 9.58. The molecule has 0 saturated heterocycles. The molecule has 0 aliphatic heterocycles. The minimum atomic E-state index is -0.539. The summed E-state index contributed by atoms with van der Waals surface area (Å²) in [5.74, 6) is -0.359. The lowest BCUT2D eigenvalue weighted by molar-refractivity contribution is -0.139. The quantitative estimate of drug-likeness (QED) is 0.331. The fourth-order valence-electron chi connectivity index (χ4n) is 2.95. The number of aromatic nitrogens is 4. The van der Waals surface area contributed by atoms with Crippen molar-refractivity contribution >= 4 is 12.0 Å². The lowest BCUT2D eigenvalue weighted by atomic mass is 10.1. The highest BCUT2D eigenvalue weighted by Crippen LogP contribution is 2.26. The second-order valence-electron chi connectivity index (χ2n) is 6.86. The molecule has 8 heteroatoms. The first kappa shape index (κ1) is 20.2. The van der Waals surface area contributed by atoms with E-state index in [1.165, 1.54) is 24.3 Å². The second kappa shape index (κ2) is 9.17. The number of hydrogen-bond donors (Lipinski definition) is 0. The molecule has 31 heavy (non-hydrogen) atoms. The average Bonchev–Trinajstić information content (AvgIpc) is 3.38. The first-order valence-corrected chi connectivity index (χ1v) is 9.58. The van der Waals surface area contributed by atoms with Gasteiger partial charge in [0, 0.05) is 17.2 Å². The van der Waals surface area contributed by atoms with Gasteiger partial charge in [-0.1, -0.05) is 40.7 Å². The summed E-state index contributed by atoms with van der Waals surface area (Å²) in [5, 5.41) is 12.0. The van der Waals surface area contributed by atoms with Gasteiger partial charge in [-0.15, -0.1) is 5.10 Å². The minimum Gasteiger partial charge on any atom is -0.456 e. The molecule has 2 aromatic heterocycles. The van der Waals surface area contributed by atoms with E-state index in [0.29, 0.717) is 29.3 Å². The Morgan fingerprint density at radius 1 is 1.16 bits per heavy atom. The van der Waals surface area contributed by atoms with Crippen LogP contribution in [0, 0.1) is 12.7 Å². The maximum atomic E-state index is 13.1. The van der Waals surface area contributed by atoms with Crippen LogP contribution < -0.4 is 0 Å². The Hall–Kier alpha value is -4.07. The molecule has 0 atom stereocenters. The van der Waals surface area contributed by atoms with E-state index in [1.54, 1.807) is 29.9 Å². The first-order chi connectivity index (χ1) is 15.1. The van der Waals surface area contributed by atoms with E-state index in [1.807, 2.05) is 30.3 Å². The van der Waals surface area contributed by atoms with Crippen LogP contribution in [0.25, 0.3) is 17.4 Å². The van der Waals surface area contributed by atoms with Crippen LogP contribution in [0.4, 0.5) is 4.39 Å². The molecule has 0 aliphatic rings. The number of ether oxygens (including phenoxy) is 1. The summed E-state index contributed by atoms with van der Waals surface area (Å²) < 4.78 is 25.4. The molecule has 0 bridgehead atoms. The summed E-state index contributed by atoms with van der Waals surface area (Å²) in [6, 6.07) is 15.8. The molecule has 2 aromatic carbocycles. The highest BCUT2D eigenvalue weighted by molar-refractivity contribution is 5.86. The molecule has 0 N–H and O–H groups in total. The predicted octanol–water partition coefficient (Wildman–Crippen LogP) is 4.19. The highest BCUT2D eigenvalue weighted by atomic mass is 19.1. The van der Waals surface area contributed by atoms with Crippen molar-refractivity contribution in [2.45, 2.75) is 20.1 Å². The Bertz CT molecular complexity index is 1200. The molecule has 4 rings (SSSR count). The van der Waals surface area contributed by atoms with E-state index in [4.69, 9.17) is 9.26 Å². The Balaban J connectivity index is 1.32. The normalized spacial score (nSPS) is 11.2. The fourth-order valence-corrected chi connectivity index (χ4v) is 2.95. The van der Waals surface area contributed by atoms with Gasteiger partial charge in [0.2, 0.25) is 0 Å². The molecule has 0 spiro atoms. The fraction of sp³-hybridized carbons (Fsp3) is 0.130. The van der Waals surface area contributed by atoms with Crippen LogP contribution in [0.3, 0.4) is 0 Å². The molecule has 0 aliphatic carbocycles. The second-order valence-corrected chi connectivity index (χ2v) is 6.86. The molecule has 156 valence electrons. The Morgan fingerprint density at radius 2 is 1.94 bits per heavy atom. The predicted molar refractivity (Wildman–Crippen MR) is 111 cm³/mol. The van der Waals surface area contributed by atoms with Crippen molar-refractivity contribution in [2.24, 2.45) is 0 Å². The molecule has 0 fully saturated rings. The summed E-state index contributed by atoms with van der Waals surface area (Å²) in [6.45, 7) is 2.35. The molecule has 7 nitrogen and oxygen atoms in total. The van der Waals surface area contributed by atoms with Gasteiger partial charge in [-0.3, -0.25) is 0 Å². The zero-order valence-corrected chi connectivity index (χ0v) is 16.7. The SMILES string of the molecule is Cc1c(COC(=O)/C=C/c2cn(Cc3ccccc3)nn2)noc1-c1ccc(F)cc1. The van der Waals surface area contributed by atoms with E-state index < -0.39 is 5.97 Å². The number of benzene rings is 2. The molecular weight excluding hydrogens is 399 g/mol. The third-order valence-corrected chi connectivity index (χ3v) is 4.61. The summed E-state index contributed by atoms with van der Waals surface area (Å²) in [5.41, 5.74) is 3.57. The molecular formula is C23H19FN4O3. The van der Waals surface area contributed by atoms with E-state index in [9.17, 15) is 9.18 Å². The van der Waals surface area contributed by atoms with Crippen molar-refractivity contribution in [2.75, 3.05) is 0 Å². The summed E-state index contributed by atoms with van der Waals surface area (Å²) in [6.07, 6.45) is 4.57. The van der Waals surface area contributed by atoms with Gasteiger partial charge in [-0.05, 0) is 42.8 Å². The number of hydrogen-bond acceptors (Lipinski definition) is 6. The lowest BCUT2D eigenvalue weighted by Crippen LogP contribution is -2.02. The average molecular weight is 418 g/mol. The largest absolute Gasteiger partial charge is 0.456 e. The maximum absolute atomic E-state index is 13.1. The number of carbonyl (C=O) groups is 1. The van der Waals surface area contributed by atoms with Crippen LogP contribution in [0.2, 0.25) is 0 Å². The van der Waals surface area contributed by atoms with Gasteiger partial charge in [0.1, 0.15) is 23.8 Å². The van der Waals surface area contributed by atoms with Crippen molar-refractivity contribution in [1.82, 2.24) is 20.2 Å². The van der Waals surface area contributed by atoms with Crippen molar-refractivity contribution in [3.63, 3.8) is 0 Å². The van der Waals surface area contributed by atoms with Crippen molar-refractivity contribution < 1.29 is 18.4 Å². The summed E-state index contributed by atoms with van der Waals surface area (Å²) in [4.78, 5) is 12.0. The van der Waals surface area contributed by atoms with Crippen LogP contribution in [-0.2, 0) is 22.7 Å². The monoisotopic (exact) mass is 418 g/mol. The van der Waals surface area contributed by atoms with Crippen LogP contribution in [0.5, 0.6) is 0 Å². The molecule has 0 radical (unpaired) electrons. The number of halogens is 1. The Labute approximate surface area is 177 Å². The van der Waals surface area contributed by atoms with Crippen LogP contribution in [-0.4, -0.2) is 26.1 Å². The molecule has 0 unspecified atom stereocenters. The Kier molecular flexibility index (Phi) is 5.98. The van der Waals surface area contributed by atoms with Crippen molar-refractivity contribution in [1.29, 1.82) is 0 Å². The molecule has 4 aromatic rings. The van der Waals surface area contributed by atoms with E-state index in [2.05, 4.69) is 15.5 Å². The number of esters is 1. The van der Waals surface area contributed by atoms with Gasteiger partial charge in [0.15, 0.2) is 5.76 Å². The van der Waals surface area contributed by atoms with Crippen LogP contribution >= 0.6 is 0 Å². The lowest BCUT2D eigenvalue weighted by Gasteiger charge is -2.00. The van der Waals surface area contributed by atoms with Gasteiger partial charge in [-0.2, -0.15) is 0 Å². The zero-order valence-electron chi connectivity index (χ0n) is 16.7. The Morgan fingerprint density at radius 3 is 2.71 bits per heavy atom. The van der Waals surface area contributed by atoms with Gasteiger partial charge in [0.05, 0.1) is 12.7 Å². The number of carbonyl (C=O) groups excluding carboxylic acids is 1. The topological polar surface area (TPSA) is 83.0 Å². The van der Waals surface area contributed by atoms with E-state index in [0.717, 1.165) is 11.1 Å². The smallest absolute Gasteiger partial charge is 0.331 e. The van der Waals surface area contributed by atoms with Gasteiger partial charge < -0.3 is 9.26 Å². The van der Waals surface area contributed by atoms with Crippen molar-refractivity contribution in [3.05, 3.63) is 95.2 Å². The molecule has 0 amide bonds. The van der Waals surface area contributed by atoms with E-state index in [-0.39, 0.29) is 12.4 Å². The van der Waals surface area contributed by atoms with Gasteiger partial charge in [-0.25, -0.2) is 13.9 Å².